The number of rotatable bonds is 6. The van der Waals surface area contributed by atoms with E-state index in [1.807, 2.05) is 57.2 Å². The van der Waals surface area contributed by atoms with E-state index in [0.717, 1.165) is 45.0 Å². The lowest BCUT2D eigenvalue weighted by molar-refractivity contribution is 0.302. The van der Waals surface area contributed by atoms with Gasteiger partial charge in [0.25, 0.3) is 0 Å². The number of hydrogen-bond acceptors (Lipinski definition) is 6. The van der Waals surface area contributed by atoms with Gasteiger partial charge in [-0.2, -0.15) is 9.36 Å². The van der Waals surface area contributed by atoms with Crippen LogP contribution in [0.15, 0.2) is 53.5 Å². The smallest absolute Gasteiger partial charge is 0.368 e. The van der Waals surface area contributed by atoms with Crippen molar-refractivity contribution in [3.8, 4) is 28.4 Å². The van der Waals surface area contributed by atoms with Crippen LogP contribution in [0.1, 0.15) is 22.3 Å². The third-order valence-corrected chi connectivity index (χ3v) is 5.48. The molecule has 8 nitrogen and oxygen atoms in total. The summed E-state index contributed by atoms with van der Waals surface area (Å²) in [5, 5.41) is 7.80. The van der Waals surface area contributed by atoms with Gasteiger partial charge in [0, 0.05) is 18.2 Å². The second-order valence-corrected chi connectivity index (χ2v) is 7.67. The van der Waals surface area contributed by atoms with Gasteiger partial charge < -0.3 is 9.47 Å². The number of hydrogen-bond donors (Lipinski definition) is 0. The highest BCUT2D eigenvalue weighted by molar-refractivity contribution is 5.66. The van der Waals surface area contributed by atoms with E-state index in [2.05, 4.69) is 21.5 Å². The van der Waals surface area contributed by atoms with Gasteiger partial charge in [-0.25, -0.2) is 4.79 Å². The molecule has 2 aromatic heterocycles. The van der Waals surface area contributed by atoms with Gasteiger partial charge in [0.15, 0.2) is 0 Å². The average molecular weight is 431 g/mol. The van der Waals surface area contributed by atoms with Crippen molar-refractivity contribution < 1.29 is 9.47 Å². The first-order chi connectivity index (χ1) is 15.4. The first-order valence-corrected chi connectivity index (χ1v) is 10.2. The molecule has 0 bridgehead atoms. The molecule has 0 unspecified atom stereocenters. The van der Waals surface area contributed by atoms with Crippen molar-refractivity contribution in [1.82, 2.24) is 24.8 Å². The molecule has 0 fully saturated rings. The van der Waals surface area contributed by atoms with Gasteiger partial charge in [0.2, 0.25) is 0 Å². The van der Waals surface area contributed by atoms with Crippen molar-refractivity contribution >= 4 is 0 Å². The first-order valence-electron chi connectivity index (χ1n) is 10.2. The lowest BCUT2D eigenvalue weighted by Crippen LogP contribution is -2.23. The lowest BCUT2D eigenvalue weighted by atomic mass is 10.0. The number of methoxy groups -OCH3 is 1. The molecule has 4 aromatic rings. The quantitative estimate of drug-likeness (QED) is 0.464. The molecule has 0 aliphatic heterocycles. The van der Waals surface area contributed by atoms with Crippen molar-refractivity contribution in [1.29, 1.82) is 0 Å². The minimum atomic E-state index is -0.305. The van der Waals surface area contributed by atoms with Crippen molar-refractivity contribution in [3.05, 3.63) is 81.4 Å². The van der Waals surface area contributed by atoms with E-state index in [9.17, 15) is 4.79 Å². The number of ether oxygens (including phenoxy) is 2. The molecule has 0 amide bonds. The molecule has 0 N–H and O–H groups in total. The fourth-order valence-electron chi connectivity index (χ4n) is 3.57. The average Bonchev–Trinajstić information content (AvgIpc) is 3.13. The zero-order valence-corrected chi connectivity index (χ0v) is 18.8. The number of benzene rings is 2. The van der Waals surface area contributed by atoms with Crippen LogP contribution in [0.5, 0.6) is 11.5 Å². The molecule has 8 heteroatoms. The van der Waals surface area contributed by atoms with Gasteiger partial charge in [0.1, 0.15) is 18.1 Å². The normalized spacial score (nSPS) is 10.9. The molecule has 2 aromatic carbocycles. The summed E-state index contributed by atoms with van der Waals surface area (Å²) < 4.78 is 13.9. The summed E-state index contributed by atoms with van der Waals surface area (Å²) in [6, 6.07) is 13.7. The Morgan fingerprint density at radius 2 is 1.78 bits per heavy atom. The maximum atomic E-state index is 12.4. The van der Waals surface area contributed by atoms with Crippen molar-refractivity contribution in [2.75, 3.05) is 7.11 Å². The van der Waals surface area contributed by atoms with Gasteiger partial charge in [-0.05, 0) is 78.2 Å². The lowest BCUT2D eigenvalue weighted by Gasteiger charge is -2.16. The molecule has 0 saturated heterocycles. The Balaban J connectivity index is 1.63. The van der Waals surface area contributed by atoms with E-state index in [1.165, 1.54) is 9.36 Å². The highest BCUT2D eigenvalue weighted by Crippen LogP contribution is 2.31. The monoisotopic (exact) mass is 431 g/mol. The van der Waals surface area contributed by atoms with Gasteiger partial charge in [-0.15, -0.1) is 0 Å². The maximum absolute atomic E-state index is 12.4. The highest BCUT2D eigenvalue weighted by Gasteiger charge is 2.15. The maximum Gasteiger partial charge on any atom is 0.368 e. The molecule has 32 heavy (non-hydrogen) atoms. The summed E-state index contributed by atoms with van der Waals surface area (Å²) in [5.74, 6) is 1.50. The summed E-state index contributed by atoms with van der Waals surface area (Å²) >= 11 is 0. The Hall–Kier alpha value is -3.94. The van der Waals surface area contributed by atoms with Crippen LogP contribution < -0.4 is 15.2 Å². The van der Waals surface area contributed by atoms with Crippen LogP contribution in [0.3, 0.4) is 0 Å². The zero-order chi connectivity index (χ0) is 22.8. The van der Waals surface area contributed by atoms with E-state index >= 15 is 0 Å². The molecule has 164 valence electrons. The summed E-state index contributed by atoms with van der Waals surface area (Å²) in [6.07, 6.45) is 1.71. The Labute approximate surface area is 186 Å². The zero-order valence-electron chi connectivity index (χ0n) is 18.8. The van der Waals surface area contributed by atoms with Crippen LogP contribution in [0, 0.1) is 20.8 Å². The Kier molecular flexibility index (Phi) is 5.77. The summed E-state index contributed by atoms with van der Waals surface area (Å²) in [4.78, 5) is 16.9. The predicted octanol–water partition coefficient (Wildman–Crippen LogP) is 3.54. The van der Waals surface area contributed by atoms with E-state index < -0.39 is 0 Å². The Morgan fingerprint density at radius 3 is 2.44 bits per heavy atom. The topological polar surface area (TPSA) is 84.1 Å². The molecule has 0 spiro atoms. The molecule has 0 saturated carbocycles. The summed E-state index contributed by atoms with van der Waals surface area (Å²) in [5.41, 5.74) is 6.22. The molecule has 0 aliphatic rings. The van der Waals surface area contributed by atoms with Crippen LogP contribution in [0.2, 0.25) is 0 Å². The third-order valence-electron chi connectivity index (χ3n) is 5.48. The number of aryl methyl sites for hydroxylation is 4. The van der Waals surface area contributed by atoms with E-state index in [0.29, 0.717) is 12.3 Å². The number of pyridine rings is 1. The third kappa shape index (κ3) is 3.99. The van der Waals surface area contributed by atoms with Crippen molar-refractivity contribution in [3.63, 3.8) is 0 Å². The van der Waals surface area contributed by atoms with Gasteiger partial charge in [0.05, 0.1) is 24.7 Å². The first kappa shape index (κ1) is 21.3. The molecular formula is C24H25N5O3. The minimum Gasteiger partial charge on any atom is -0.495 e. The standard InChI is InChI=1S/C24H25N5O3/c1-15-7-6-8-22(29-24(30)28(4)26-27-29)20(15)14-32-23-12-16(2)19(11-17(23)3)21-10-9-18(31-5)13-25-21/h6-13H,14H2,1-5H3. The molecular weight excluding hydrogens is 406 g/mol. The molecule has 0 aliphatic carbocycles. The van der Waals surface area contributed by atoms with Crippen LogP contribution in [0.25, 0.3) is 16.9 Å². The minimum absolute atomic E-state index is 0.297. The highest BCUT2D eigenvalue weighted by atomic mass is 16.5. The predicted molar refractivity (Wildman–Crippen MR) is 121 cm³/mol. The van der Waals surface area contributed by atoms with Crippen molar-refractivity contribution in [2.45, 2.75) is 27.4 Å². The van der Waals surface area contributed by atoms with E-state index in [4.69, 9.17) is 9.47 Å². The Bertz CT molecular complexity index is 1320. The van der Waals surface area contributed by atoms with Gasteiger partial charge >= 0.3 is 5.69 Å². The summed E-state index contributed by atoms with van der Waals surface area (Å²) in [6.45, 7) is 6.32. The van der Waals surface area contributed by atoms with E-state index in [1.54, 1.807) is 20.4 Å². The second kappa shape index (κ2) is 8.66. The largest absolute Gasteiger partial charge is 0.495 e. The molecule has 0 radical (unpaired) electrons. The van der Waals surface area contributed by atoms with Crippen molar-refractivity contribution in [2.24, 2.45) is 7.05 Å². The number of aromatic nitrogens is 5. The molecule has 2 heterocycles. The second-order valence-electron chi connectivity index (χ2n) is 7.67. The van der Waals surface area contributed by atoms with Crippen LogP contribution in [-0.2, 0) is 13.7 Å². The van der Waals surface area contributed by atoms with Crippen LogP contribution in [-0.4, -0.2) is 31.9 Å². The van der Waals surface area contributed by atoms with E-state index in [-0.39, 0.29) is 5.69 Å². The Morgan fingerprint density at radius 1 is 0.969 bits per heavy atom. The number of tetrazole rings is 1. The molecule has 4 rings (SSSR count). The fourth-order valence-corrected chi connectivity index (χ4v) is 3.57. The van der Waals surface area contributed by atoms with Crippen LogP contribution in [0.4, 0.5) is 0 Å². The summed E-state index contributed by atoms with van der Waals surface area (Å²) in [7, 11) is 3.20. The van der Waals surface area contributed by atoms with Gasteiger partial charge in [-0.3, -0.25) is 4.98 Å². The molecule has 0 atom stereocenters. The van der Waals surface area contributed by atoms with Crippen LogP contribution >= 0.6 is 0 Å². The van der Waals surface area contributed by atoms with Gasteiger partial charge in [-0.1, -0.05) is 12.1 Å². The SMILES string of the molecule is COc1ccc(-c2cc(C)c(OCc3c(C)cccc3-n3nnn(C)c3=O)cc2C)nc1. The fraction of sp³-hybridized carbons (Fsp3) is 0.250. The number of nitrogens with zero attached hydrogens (tertiary/aromatic N) is 5.